The quantitative estimate of drug-likeness (QED) is 0.215. The molecule has 34 heavy (non-hydrogen) atoms. The number of aryl methyl sites for hydroxylation is 2. The lowest BCUT2D eigenvalue weighted by Gasteiger charge is -2.21. The Balaban J connectivity index is 1.13. The molecule has 3 aromatic rings. The third-order valence-electron chi connectivity index (χ3n) is 7.18. The molecule has 5 rings (SSSR count). The van der Waals surface area contributed by atoms with E-state index in [4.69, 9.17) is 15.6 Å². The van der Waals surface area contributed by atoms with Crippen LogP contribution in [0.4, 0.5) is 0 Å². The van der Waals surface area contributed by atoms with Gasteiger partial charge in [-0.25, -0.2) is 9.56 Å². The van der Waals surface area contributed by atoms with Crippen molar-refractivity contribution in [3.05, 3.63) is 64.7 Å². The summed E-state index contributed by atoms with van der Waals surface area (Å²) in [6, 6.07) is 13.7. The molecule has 0 spiro atoms. The van der Waals surface area contributed by atoms with Crippen LogP contribution in [0.15, 0.2) is 47.2 Å². The molecule has 3 N–H and O–H groups in total. The van der Waals surface area contributed by atoms with Crippen LogP contribution in [-0.2, 0) is 5.41 Å². The predicted octanol–water partition coefficient (Wildman–Crippen LogP) is 4.70. The minimum absolute atomic E-state index is 0.348. The third kappa shape index (κ3) is 4.46. The molecule has 178 valence electrons. The monoisotopic (exact) mass is 494 g/mol. The molecular formula is C26H32N5OS2+. The number of nitrogens with one attached hydrogen (secondary N) is 1. The van der Waals surface area contributed by atoms with Crippen molar-refractivity contribution in [1.82, 2.24) is 9.88 Å². The zero-order valence-electron chi connectivity index (χ0n) is 20.0. The number of amidine groups is 2. The van der Waals surface area contributed by atoms with Gasteiger partial charge in [-0.2, -0.15) is 5.41 Å². The number of thioether (sulfide) groups is 1. The third-order valence-corrected chi connectivity index (χ3v) is 9.27. The van der Waals surface area contributed by atoms with E-state index in [-0.39, 0.29) is 0 Å². The first-order chi connectivity index (χ1) is 16.4. The smallest absolute Gasteiger partial charge is 0.290 e. The van der Waals surface area contributed by atoms with Crippen molar-refractivity contribution in [2.45, 2.75) is 32.1 Å². The molecule has 2 aromatic heterocycles. The Morgan fingerprint density at radius 3 is 2.94 bits per heavy atom. The Kier molecular flexibility index (Phi) is 6.39. The van der Waals surface area contributed by atoms with E-state index < -0.39 is 0 Å². The summed E-state index contributed by atoms with van der Waals surface area (Å²) in [5.74, 6) is 2.64. The Hall–Kier alpha value is -2.42. The van der Waals surface area contributed by atoms with E-state index in [9.17, 15) is 0 Å². The Labute approximate surface area is 209 Å². The van der Waals surface area contributed by atoms with Gasteiger partial charge in [0.15, 0.2) is 6.39 Å². The average molecular weight is 495 g/mol. The molecule has 0 unspecified atom stereocenters. The number of piperidine rings is 1. The highest BCUT2D eigenvalue weighted by molar-refractivity contribution is 8.13. The first kappa shape index (κ1) is 23.3. The molecule has 1 aromatic carbocycles. The second kappa shape index (κ2) is 9.32. The van der Waals surface area contributed by atoms with Gasteiger partial charge in [0.05, 0.1) is 12.7 Å². The zero-order chi connectivity index (χ0) is 23.9. The van der Waals surface area contributed by atoms with E-state index in [1.54, 1.807) is 11.6 Å². The fourth-order valence-electron chi connectivity index (χ4n) is 5.14. The maximum atomic E-state index is 8.37. The van der Waals surface area contributed by atoms with Crippen LogP contribution in [0.2, 0.25) is 0 Å². The number of benzene rings is 1. The number of fused-ring (bicyclic) bond motifs is 1. The summed E-state index contributed by atoms with van der Waals surface area (Å²) in [7, 11) is 1.80. The summed E-state index contributed by atoms with van der Waals surface area (Å²) in [5, 5.41) is 8.80. The van der Waals surface area contributed by atoms with Crippen LogP contribution in [0.1, 0.15) is 34.7 Å². The minimum atomic E-state index is 0.348. The SMILES string of the molecule is Cc1ccc(-c2cccc([C@@]34C[C@@H]3CN(CCCSC(=N)[N+](C)=C(N)c3ocnc3C)C4)c2)s1. The predicted molar refractivity (Wildman–Crippen MR) is 141 cm³/mol. The van der Waals surface area contributed by atoms with Crippen molar-refractivity contribution in [2.75, 3.05) is 32.4 Å². The van der Waals surface area contributed by atoms with Crippen molar-refractivity contribution in [3.63, 3.8) is 0 Å². The number of hydrogen-bond donors (Lipinski definition) is 2. The highest BCUT2D eigenvalue weighted by Gasteiger charge is 2.60. The van der Waals surface area contributed by atoms with Crippen LogP contribution < -0.4 is 5.73 Å². The molecule has 1 saturated heterocycles. The molecule has 2 atom stereocenters. The topological polar surface area (TPSA) is 82.2 Å². The van der Waals surface area contributed by atoms with Crippen LogP contribution in [0.5, 0.6) is 0 Å². The number of hydrogen-bond acceptors (Lipinski definition) is 6. The number of thiophene rings is 1. The second-order valence-corrected chi connectivity index (χ2v) is 11.9. The van der Waals surface area contributed by atoms with Gasteiger partial charge in [-0.05, 0) is 68.5 Å². The Morgan fingerprint density at radius 2 is 2.21 bits per heavy atom. The summed E-state index contributed by atoms with van der Waals surface area (Å²) in [6.07, 6.45) is 3.76. The summed E-state index contributed by atoms with van der Waals surface area (Å²) in [6.45, 7) is 7.44. The maximum Gasteiger partial charge on any atom is 0.290 e. The number of aromatic nitrogens is 1. The molecule has 6 nitrogen and oxygen atoms in total. The highest BCUT2D eigenvalue weighted by Crippen LogP contribution is 2.59. The first-order valence-corrected chi connectivity index (χ1v) is 13.6. The van der Waals surface area contributed by atoms with Gasteiger partial charge in [-0.15, -0.1) is 11.3 Å². The van der Waals surface area contributed by atoms with Crippen molar-refractivity contribution in [2.24, 2.45) is 11.7 Å². The molecule has 8 heteroatoms. The Morgan fingerprint density at radius 1 is 1.35 bits per heavy atom. The number of nitrogens with two attached hydrogens (primary N) is 1. The molecule has 1 aliphatic carbocycles. The van der Waals surface area contributed by atoms with Gasteiger partial charge >= 0.3 is 0 Å². The van der Waals surface area contributed by atoms with E-state index in [2.05, 4.69) is 53.2 Å². The fraction of sp³-hybridized carbons (Fsp3) is 0.423. The van der Waals surface area contributed by atoms with Crippen LogP contribution >= 0.6 is 23.1 Å². The van der Waals surface area contributed by atoms with Gasteiger partial charge < -0.3 is 15.1 Å². The van der Waals surface area contributed by atoms with E-state index >= 15 is 0 Å². The van der Waals surface area contributed by atoms with E-state index in [1.807, 2.05) is 18.3 Å². The lowest BCUT2D eigenvalue weighted by molar-refractivity contribution is -0.366. The maximum absolute atomic E-state index is 8.37. The summed E-state index contributed by atoms with van der Waals surface area (Å²) in [4.78, 5) is 9.42. The molecule has 1 saturated carbocycles. The van der Waals surface area contributed by atoms with Crippen molar-refractivity contribution < 1.29 is 8.99 Å². The van der Waals surface area contributed by atoms with Crippen molar-refractivity contribution in [3.8, 4) is 10.4 Å². The summed E-state index contributed by atoms with van der Waals surface area (Å²) in [5.41, 5.74) is 10.1. The molecule has 0 radical (unpaired) electrons. The molecule has 1 aliphatic heterocycles. The first-order valence-electron chi connectivity index (χ1n) is 11.7. The molecule has 3 heterocycles. The van der Waals surface area contributed by atoms with Crippen LogP contribution in [0.25, 0.3) is 10.4 Å². The van der Waals surface area contributed by atoms with Gasteiger partial charge in [0.2, 0.25) is 5.76 Å². The van der Waals surface area contributed by atoms with Gasteiger partial charge in [0.25, 0.3) is 11.0 Å². The van der Waals surface area contributed by atoms with E-state index in [1.165, 1.54) is 52.0 Å². The number of nitrogens with zero attached hydrogens (tertiary/aromatic N) is 3. The zero-order valence-corrected chi connectivity index (χ0v) is 21.6. The Bertz CT molecular complexity index is 1250. The lowest BCUT2D eigenvalue weighted by atomic mass is 9.93. The van der Waals surface area contributed by atoms with Crippen molar-refractivity contribution >= 4 is 34.1 Å². The number of likely N-dealkylation sites (tertiary alicyclic amines) is 1. The van der Waals surface area contributed by atoms with Crippen molar-refractivity contribution in [1.29, 1.82) is 5.41 Å². The summed E-state index contributed by atoms with van der Waals surface area (Å²) < 4.78 is 7.02. The number of rotatable bonds is 7. The molecule has 0 amide bonds. The highest BCUT2D eigenvalue weighted by atomic mass is 32.2. The lowest BCUT2D eigenvalue weighted by Crippen LogP contribution is -2.30. The van der Waals surface area contributed by atoms with E-state index in [0.29, 0.717) is 22.2 Å². The minimum Gasteiger partial charge on any atom is -0.437 e. The van der Waals surface area contributed by atoms with Crippen LogP contribution in [0.3, 0.4) is 0 Å². The van der Waals surface area contributed by atoms with E-state index in [0.717, 1.165) is 36.9 Å². The standard InChI is InChI=1S/C26H31N5OS2/c1-17-8-9-22(34-17)19-6-4-7-20(12-19)26-13-21(26)14-31(15-26)10-5-11-33-25(28)30(3)24(27)23-18(2)29-16-32-23/h4,6-9,12,16,21,27-28H,5,10-11,13-15H2,1-3H3/p+1/t21-,26+/m1/s1. The normalized spacial score (nSPS) is 22.5. The fourth-order valence-corrected chi connectivity index (χ4v) is 6.76. The van der Waals surface area contributed by atoms with Gasteiger partial charge in [-0.3, -0.25) is 0 Å². The summed E-state index contributed by atoms with van der Waals surface area (Å²) >= 11 is 3.40. The van der Waals surface area contributed by atoms with Gasteiger partial charge in [0, 0.05) is 34.0 Å². The van der Waals surface area contributed by atoms with Crippen LogP contribution in [-0.4, -0.2) is 57.9 Å². The average Bonchev–Trinajstić information content (AvgIpc) is 3.20. The largest absolute Gasteiger partial charge is 0.437 e. The second-order valence-electron chi connectivity index (χ2n) is 9.50. The molecular weight excluding hydrogens is 462 g/mol. The molecule has 2 fully saturated rings. The van der Waals surface area contributed by atoms with Gasteiger partial charge in [0.1, 0.15) is 0 Å². The molecule has 0 bridgehead atoms. The van der Waals surface area contributed by atoms with Gasteiger partial charge in [-0.1, -0.05) is 30.0 Å². The number of oxazole rings is 1. The molecule has 2 aliphatic rings. The van der Waals surface area contributed by atoms with Crippen LogP contribution in [0, 0.1) is 25.2 Å².